The van der Waals surface area contributed by atoms with Crippen LogP contribution >= 0.6 is 0 Å². The van der Waals surface area contributed by atoms with Gasteiger partial charge in [0.05, 0.1) is 5.54 Å². The van der Waals surface area contributed by atoms with Crippen LogP contribution in [-0.2, 0) is 11.3 Å². The summed E-state index contributed by atoms with van der Waals surface area (Å²) in [6, 6.07) is 17.7. The number of aliphatic hydroxyl groups is 2. The van der Waals surface area contributed by atoms with Crippen LogP contribution in [0, 0.1) is 0 Å². The standard InChI is InChI=1S/C15H17NO2/c1-14(16,12-8-4-2-5-9-12)15(17,18)13-10-6-3-7-11-13/h2-11,17-18H,16H2,1H3. The summed E-state index contributed by atoms with van der Waals surface area (Å²) in [7, 11) is 0. The van der Waals surface area contributed by atoms with E-state index in [0.29, 0.717) is 11.1 Å². The first-order valence-corrected chi connectivity index (χ1v) is 5.81. The first-order valence-electron chi connectivity index (χ1n) is 5.81. The van der Waals surface area contributed by atoms with Crippen molar-refractivity contribution in [2.24, 2.45) is 5.73 Å². The van der Waals surface area contributed by atoms with Gasteiger partial charge in [0.15, 0.2) is 0 Å². The summed E-state index contributed by atoms with van der Waals surface area (Å²) in [5, 5.41) is 20.8. The van der Waals surface area contributed by atoms with Gasteiger partial charge in [-0.15, -0.1) is 0 Å². The number of nitrogens with two attached hydrogens (primary N) is 1. The third-order valence-electron chi connectivity index (χ3n) is 3.27. The Hall–Kier alpha value is -1.68. The van der Waals surface area contributed by atoms with Crippen LogP contribution in [0.1, 0.15) is 18.1 Å². The molecule has 18 heavy (non-hydrogen) atoms. The minimum atomic E-state index is -2.13. The van der Waals surface area contributed by atoms with Gasteiger partial charge in [0.2, 0.25) is 5.79 Å². The van der Waals surface area contributed by atoms with Crippen molar-refractivity contribution in [3.05, 3.63) is 71.8 Å². The van der Waals surface area contributed by atoms with Gasteiger partial charge in [-0.2, -0.15) is 0 Å². The summed E-state index contributed by atoms with van der Waals surface area (Å²) in [5.74, 6) is -2.13. The molecule has 94 valence electrons. The van der Waals surface area contributed by atoms with Gasteiger partial charge in [-0.1, -0.05) is 60.7 Å². The SMILES string of the molecule is CC(N)(c1ccccc1)C(O)(O)c1ccccc1. The Balaban J connectivity index is 2.47. The number of rotatable bonds is 3. The lowest BCUT2D eigenvalue weighted by Gasteiger charge is -2.38. The van der Waals surface area contributed by atoms with Gasteiger partial charge in [-0.3, -0.25) is 0 Å². The molecule has 2 aromatic rings. The summed E-state index contributed by atoms with van der Waals surface area (Å²) in [6.45, 7) is 1.61. The van der Waals surface area contributed by atoms with Gasteiger partial charge in [-0.05, 0) is 12.5 Å². The molecular formula is C15H17NO2. The fraction of sp³-hybridized carbons (Fsp3) is 0.200. The highest BCUT2D eigenvalue weighted by molar-refractivity contribution is 5.32. The zero-order valence-electron chi connectivity index (χ0n) is 10.2. The molecule has 0 radical (unpaired) electrons. The predicted molar refractivity (Wildman–Crippen MR) is 70.5 cm³/mol. The van der Waals surface area contributed by atoms with Crippen LogP contribution in [0.15, 0.2) is 60.7 Å². The Morgan fingerprint density at radius 2 is 1.17 bits per heavy atom. The van der Waals surface area contributed by atoms with Crippen molar-refractivity contribution in [3.63, 3.8) is 0 Å². The molecule has 3 nitrogen and oxygen atoms in total. The van der Waals surface area contributed by atoms with Crippen LogP contribution in [0.5, 0.6) is 0 Å². The maximum absolute atomic E-state index is 10.4. The second-order valence-electron chi connectivity index (χ2n) is 4.61. The second kappa shape index (κ2) is 4.53. The molecule has 0 aliphatic heterocycles. The summed E-state index contributed by atoms with van der Waals surface area (Å²) < 4.78 is 0. The topological polar surface area (TPSA) is 66.5 Å². The molecule has 2 rings (SSSR count). The molecule has 1 atom stereocenters. The molecular weight excluding hydrogens is 226 g/mol. The largest absolute Gasteiger partial charge is 0.360 e. The average Bonchev–Trinajstić information content (AvgIpc) is 2.40. The lowest BCUT2D eigenvalue weighted by Crippen LogP contribution is -2.53. The second-order valence-corrected chi connectivity index (χ2v) is 4.61. The molecule has 0 bridgehead atoms. The molecule has 0 aromatic heterocycles. The quantitative estimate of drug-likeness (QED) is 0.719. The molecule has 3 heteroatoms. The van der Waals surface area contributed by atoms with Gasteiger partial charge < -0.3 is 15.9 Å². The van der Waals surface area contributed by atoms with Gasteiger partial charge in [0.1, 0.15) is 0 Å². The lowest BCUT2D eigenvalue weighted by molar-refractivity contribution is -0.219. The highest BCUT2D eigenvalue weighted by Crippen LogP contribution is 2.35. The first kappa shape index (κ1) is 12.8. The zero-order valence-corrected chi connectivity index (χ0v) is 10.2. The number of benzene rings is 2. The molecule has 0 saturated heterocycles. The molecule has 0 aliphatic carbocycles. The maximum atomic E-state index is 10.4. The zero-order chi connectivity index (χ0) is 13.2. The number of hydrogen-bond acceptors (Lipinski definition) is 3. The van der Waals surface area contributed by atoms with Crippen molar-refractivity contribution in [1.82, 2.24) is 0 Å². The van der Waals surface area contributed by atoms with E-state index in [1.807, 2.05) is 24.3 Å². The van der Waals surface area contributed by atoms with Crippen LogP contribution in [0.2, 0.25) is 0 Å². The van der Waals surface area contributed by atoms with Crippen molar-refractivity contribution >= 4 is 0 Å². The maximum Gasteiger partial charge on any atom is 0.212 e. The molecule has 0 aliphatic rings. The molecule has 0 heterocycles. The third-order valence-corrected chi connectivity index (χ3v) is 3.27. The van der Waals surface area contributed by atoms with Gasteiger partial charge in [-0.25, -0.2) is 0 Å². The van der Waals surface area contributed by atoms with E-state index in [9.17, 15) is 10.2 Å². The number of hydrogen-bond donors (Lipinski definition) is 3. The monoisotopic (exact) mass is 243 g/mol. The fourth-order valence-corrected chi connectivity index (χ4v) is 1.96. The van der Waals surface area contributed by atoms with E-state index in [1.54, 1.807) is 43.3 Å². The van der Waals surface area contributed by atoms with Crippen molar-refractivity contribution in [2.45, 2.75) is 18.2 Å². The Morgan fingerprint density at radius 1 is 0.778 bits per heavy atom. The molecule has 1 unspecified atom stereocenters. The van der Waals surface area contributed by atoms with E-state index in [2.05, 4.69) is 0 Å². The van der Waals surface area contributed by atoms with Crippen molar-refractivity contribution in [3.8, 4) is 0 Å². The summed E-state index contributed by atoms with van der Waals surface area (Å²) in [5.41, 5.74) is 5.89. The van der Waals surface area contributed by atoms with Crippen LogP contribution in [0.3, 0.4) is 0 Å². The fourth-order valence-electron chi connectivity index (χ4n) is 1.96. The minimum absolute atomic E-state index is 0.374. The molecule has 2 aromatic carbocycles. The molecule has 0 fully saturated rings. The lowest BCUT2D eigenvalue weighted by atomic mass is 9.81. The first-order chi connectivity index (χ1) is 8.46. The third kappa shape index (κ3) is 2.04. The van der Waals surface area contributed by atoms with Gasteiger partial charge >= 0.3 is 0 Å². The average molecular weight is 243 g/mol. The normalized spacial score (nSPS) is 15.1. The van der Waals surface area contributed by atoms with Crippen LogP contribution in [0.25, 0.3) is 0 Å². The molecule has 0 spiro atoms. The Bertz CT molecular complexity index is 457. The Labute approximate surface area is 107 Å². The van der Waals surface area contributed by atoms with Crippen molar-refractivity contribution in [2.75, 3.05) is 0 Å². The Morgan fingerprint density at radius 3 is 1.61 bits per heavy atom. The van der Waals surface area contributed by atoms with Crippen LogP contribution in [0.4, 0.5) is 0 Å². The van der Waals surface area contributed by atoms with E-state index in [-0.39, 0.29) is 0 Å². The van der Waals surface area contributed by atoms with E-state index >= 15 is 0 Å². The Kier molecular flexibility index (Phi) is 3.22. The summed E-state index contributed by atoms with van der Waals surface area (Å²) in [4.78, 5) is 0. The smallest absolute Gasteiger partial charge is 0.212 e. The summed E-state index contributed by atoms with van der Waals surface area (Å²) in [6.07, 6.45) is 0. The van der Waals surface area contributed by atoms with E-state index < -0.39 is 11.3 Å². The van der Waals surface area contributed by atoms with Crippen molar-refractivity contribution < 1.29 is 10.2 Å². The predicted octanol–water partition coefficient (Wildman–Crippen LogP) is 1.70. The molecule has 0 amide bonds. The van der Waals surface area contributed by atoms with Gasteiger partial charge in [0, 0.05) is 5.56 Å². The van der Waals surface area contributed by atoms with Crippen LogP contribution < -0.4 is 5.73 Å². The van der Waals surface area contributed by atoms with E-state index in [1.165, 1.54) is 0 Å². The van der Waals surface area contributed by atoms with E-state index in [0.717, 1.165) is 0 Å². The highest BCUT2D eigenvalue weighted by atomic mass is 16.5. The van der Waals surface area contributed by atoms with E-state index in [4.69, 9.17) is 5.73 Å². The molecule has 0 saturated carbocycles. The highest BCUT2D eigenvalue weighted by Gasteiger charge is 2.45. The van der Waals surface area contributed by atoms with Gasteiger partial charge in [0.25, 0.3) is 0 Å². The summed E-state index contributed by atoms with van der Waals surface area (Å²) >= 11 is 0. The minimum Gasteiger partial charge on any atom is -0.360 e. The molecule has 4 N–H and O–H groups in total. The van der Waals surface area contributed by atoms with Crippen molar-refractivity contribution in [1.29, 1.82) is 0 Å². The van der Waals surface area contributed by atoms with Crippen LogP contribution in [-0.4, -0.2) is 10.2 Å².